The summed E-state index contributed by atoms with van der Waals surface area (Å²) in [4.78, 5) is 27.9. The Balaban J connectivity index is 2.00. The second-order valence-electron chi connectivity index (χ2n) is 6.00. The molecule has 1 saturated carbocycles. The molecule has 1 N–H and O–H groups in total. The van der Waals surface area contributed by atoms with Gasteiger partial charge in [-0.1, -0.05) is 11.8 Å². The first kappa shape index (κ1) is 16.7. The standard InChI is InChI=1S/C18H12F2N2O3S/c19-13-7-11-15(14(20)17(13)26-10-3-5-21-6-4-10)22(9-1-2-9)8-12(16(11)23)18(24)25/h3-9H,1-2H2,(H,24,25). The molecule has 0 saturated heterocycles. The molecule has 8 heteroatoms. The molecule has 26 heavy (non-hydrogen) atoms. The van der Waals surface area contributed by atoms with E-state index in [-0.39, 0.29) is 21.8 Å². The fourth-order valence-electron chi connectivity index (χ4n) is 2.83. The normalized spacial score (nSPS) is 13.9. The summed E-state index contributed by atoms with van der Waals surface area (Å²) < 4.78 is 31.2. The number of aromatic carboxylic acids is 1. The number of pyridine rings is 2. The summed E-state index contributed by atoms with van der Waals surface area (Å²) in [5.74, 6) is -3.18. The van der Waals surface area contributed by atoms with Crippen LogP contribution in [-0.4, -0.2) is 20.6 Å². The smallest absolute Gasteiger partial charge is 0.341 e. The third-order valence-corrected chi connectivity index (χ3v) is 5.29. The highest BCUT2D eigenvalue weighted by Crippen LogP contribution is 2.40. The minimum atomic E-state index is -1.41. The summed E-state index contributed by atoms with van der Waals surface area (Å²) in [5, 5.41) is 8.97. The van der Waals surface area contributed by atoms with E-state index in [1.165, 1.54) is 17.0 Å². The molecule has 0 unspecified atom stereocenters. The number of aromatic nitrogens is 2. The summed E-state index contributed by atoms with van der Waals surface area (Å²) in [6, 6.07) is 4.08. The number of halogens is 2. The van der Waals surface area contributed by atoms with E-state index in [2.05, 4.69) is 4.98 Å². The molecule has 2 heterocycles. The maximum atomic E-state index is 15.2. The molecule has 0 atom stereocenters. The Labute approximate surface area is 150 Å². The van der Waals surface area contributed by atoms with Gasteiger partial charge in [-0.3, -0.25) is 9.78 Å². The van der Waals surface area contributed by atoms with Crippen molar-refractivity contribution in [1.29, 1.82) is 0 Å². The molecule has 4 rings (SSSR count). The topological polar surface area (TPSA) is 72.2 Å². The first-order valence-corrected chi connectivity index (χ1v) is 8.67. The third kappa shape index (κ3) is 2.76. The molecule has 1 aliphatic carbocycles. The molecule has 5 nitrogen and oxygen atoms in total. The van der Waals surface area contributed by atoms with E-state index in [0.29, 0.717) is 4.90 Å². The van der Waals surface area contributed by atoms with Gasteiger partial charge in [0.15, 0.2) is 5.82 Å². The lowest BCUT2D eigenvalue weighted by atomic mass is 10.1. The molecule has 0 aliphatic heterocycles. The Morgan fingerprint density at radius 1 is 1.27 bits per heavy atom. The van der Waals surface area contributed by atoms with E-state index in [0.717, 1.165) is 36.9 Å². The molecule has 3 aromatic rings. The average Bonchev–Trinajstić information content (AvgIpc) is 3.45. The van der Waals surface area contributed by atoms with Crippen LogP contribution >= 0.6 is 11.8 Å². The van der Waals surface area contributed by atoms with Gasteiger partial charge in [0.1, 0.15) is 11.4 Å². The van der Waals surface area contributed by atoms with E-state index in [4.69, 9.17) is 0 Å². The quantitative estimate of drug-likeness (QED) is 0.751. The van der Waals surface area contributed by atoms with Gasteiger partial charge in [-0.15, -0.1) is 0 Å². The molecule has 2 aromatic heterocycles. The maximum absolute atomic E-state index is 15.2. The number of fused-ring (bicyclic) bond motifs is 1. The lowest BCUT2D eigenvalue weighted by molar-refractivity contribution is 0.0694. The molecule has 0 spiro atoms. The van der Waals surface area contributed by atoms with Gasteiger partial charge in [-0.05, 0) is 31.0 Å². The summed E-state index contributed by atoms with van der Waals surface area (Å²) in [6.07, 6.45) is 5.69. The van der Waals surface area contributed by atoms with Crippen molar-refractivity contribution in [1.82, 2.24) is 9.55 Å². The van der Waals surface area contributed by atoms with Crippen LogP contribution in [0.4, 0.5) is 8.78 Å². The first-order chi connectivity index (χ1) is 12.5. The fourth-order valence-corrected chi connectivity index (χ4v) is 3.67. The number of carboxylic acid groups (broad SMARTS) is 1. The summed E-state index contributed by atoms with van der Waals surface area (Å²) in [5.41, 5.74) is -1.43. The Bertz CT molecular complexity index is 1100. The zero-order valence-electron chi connectivity index (χ0n) is 13.3. The number of carboxylic acids is 1. The van der Waals surface area contributed by atoms with Crippen molar-refractivity contribution in [2.24, 2.45) is 0 Å². The number of rotatable bonds is 4. The number of hydrogen-bond donors (Lipinski definition) is 1. The van der Waals surface area contributed by atoms with Gasteiger partial charge in [-0.2, -0.15) is 0 Å². The van der Waals surface area contributed by atoms with Crippen molar-refractivity contribution in [3.63, 3.8) is 0 Å². The predicted molar refractivity (Wildman–Crippen MR) is 91.7 cm³/mol. The van der Waals surface area contributed by atoms with E-state index in [1.54, 1.807) is 12.1 Å². The molecule has 1 fully saturated rings. The molecule has 1 aliphatic rings. The van der Waals surface area contributed by atoms with Crippen molar-refractivity contribution in [3.05, 3.63) is 64.2 Å². The molecule has 0 bridgehead atoms. The Morgan fingerprint density at radius 3 is 2.58 bits per heavy atom. The van der Waals surface area contributed by atoms with Gasteiger partial charge in [0, 0.05) is 29.5 Å². The molecular weight excluding hydrogens is 362 g/mol. The van der Waals surface area contributed by atoms with E-state index in [9.17, 15) is 19.1 Å². The maximum Gasteiger partial charge on any atom is 0.341 e. The van der Waals surface area contributed by atoms with Gasteiger partial charge < -0.3 is 9.67 Å². The van der Waals surface area contributed by atoms with Crippen LogP contribution in [0, 0.1) is 11.6 Å². The zero-order valence-corrected chi connectivity index (χ0v) is 14.1. The first-order valence-electron chi connectivity index (χ1n) is 7.85. The van der Waals surface area contributed by atoms with Crippen LogP contribution in [0.1, 0.15) is 29.2 Å². The molecule has 0 amide bonds. The summed E-state index contributed by atoms with van der Waals surface area (Å²) >= 11 is 0.891. The third-order valence-electron chi connectivity index (χ3n) is 4.21. The number of hydrogen-bond acceptors (Lipinski definition) is 4. The van der Waals surface area contributed by atoms with Gasteiger partial charge in [0.2, 0.25) is 5.43 Å². The predicted octanol–water partition coefficient (Wildman–Crippen LogP) is 3.86. The molecule has 0 radical (unpaired) electrons. The van der Waals surface area contributed by atoms with Gasteiger partial charge in [0.25, 0.3) is 0 Å². The number of nitrogens with zero attached hydrogens (tertiary/aromatic N) is 2. The summed E-state index contributed by atoms with van der Waals surface area (Å²) in [6.45, 7) is 0. The van der Waals surface area contributed by atoms with Crippen LogP contribution in [0.3, 0.4) is 0 Å². The highest BCUT2D eigenvalue weighted by atomic mass is 32.2. The Hall–Kier alpha value is -2.74. The minimum Gasteiger partial charge on any atom is -0.477 e. The minimum absolute atomic E-state index is 0.0551. The zero-order chi connectivity index (χ0) is 18.4. The SMILES string of the molecule is O=C(O)c1cn(C2CC2)c2c(F)c(Sc3ccncc3)c(F)cc2c1=O. The van der Waals surface area contributed by atoms with Crippen LogP contribution in [-0.2, 0) is 0 Å². The highest BCUT2D eigenvalue weighted by Gasteiger charge is 2.30. The van der Waals surface area contributed by atoms with Gasteiger partial charge in [0.05, 0.1) is 15.8 Å². The van der Waals surface area contributed by atoms with E-state index in [1.807, 2.05) is 0 Å². The van der Waals surface area contributed by atoms with Crippen LogP contribution < -0.4 is 5.43 Å². The molecular formula is C18H12F2N2O3S. The van der Waals surface area contributed by atoms with Crippen molar-refractivity contribution < 1.29 is 18.7 Å². The van der Waals surface area contributed by atoms with Crippen molar-refractivity contribution >= 4 is 28.6 Å². The average molecular weight is 374 g/mol. The van der Waals surface area contributed by atoms with Crippen LogP contribution in [0.25, 0.3) is 10.9 Å². The van der Waals surface area contributed by atoms with Crippen molar-refractivity contribution in [3.8, 4) is 0 Å². The van der Waals surface area contributed by atoms with E-state index >= 15 is 4.39 Å². The molecule has 132 valence electrons. The fraction of sp³-hybridized carbons (Fsp3) is 0.167. The van der Waals surface area contributed by atoms with Gasteiger partial charge >= 0.3 is 5.97 Å². The van der Waals surface area contributed by atoms with Gasteiger partial charge in [-0.25, -0.2) is 13.6 Å². The summed E-state index contributed by atoms with van der Waals surface area (Å²) in [7, 11) is 0. The molecule has 1 aromatic carbocycles. The van der Waals surface area contributed by atoms with Crippen LogP contribution in [0.2, 0.25) is 0 Å². The Morgan fingerprint density at radius 2 is 1.96 bits per heavy atom. The van der Waals surface area contributed by atoms with Crippen molar-refractivity contribution in [2.45, 2.75) is 28.7 Å². The van der Waals surface area contributed by atoms with Crippen LogP contribution in [0.15, 0.2) is 51.4 Å². The lowest BCUT2D eigenvalue weighted by Crippen LogP contribution is -2.20. The second-order valence-corrected chi connectivity index (χ2v) is 7.08. The largest absolute Gasteiger partial charge is 0.477 e. The van der Waals surface area contributed by atoms with Crippen LogP contribution in [0.5, 0.6) is 0 Å². The lowest BCUT2D eigenvalue weighted by Gasteiger charge is -2.15. The second kappa shape index (κ2) is 6.21. The van der Waals surface area contributed by atoms with E-state index < -0.39 is 28.6 Å². The Kier molecular flexibility index (Phi) is 3.99. The van der Waals surface area contributed by atoms with Crippen molar-refractivity contribution in [2.75, 3.05) is 0 Å². The monoisotopic (exact) mass is 374 g/mol. The highest BCUT2D eigenvalue weighted by molar-refractivity contribution is 7.99. The number of benzene rings is 1. The number of carbonyl (C=O) groups is 1.